The molecule has 1 N–H and O–H groups in total. The molecule has 1 unspecified atom stereocenters. The zero-order valence-electron chi connectivity index (χ0n) is 14.3. The van der Waals surface area contributed by atoms with Crippen LogP contribution >= 0.6 is 0 Å². The molecule has 0 saturated heterocycles. The van der Waals surface area contributed by atoms with Crippen molar-refractivity contribution >= 4 is 0 Å². The molecular weight excluding hydrogens is 258 g/mol. The maximum Gasteiger partial charge on any atom is 0.106 e. The first-order valence-corrected chi connectivity index (χ1v) is 7.60. The number of hydrogen-bond donors (Lipinski definition) is 1. The lowest BCUT2D eigenvalue weighted by atomic mass is 9.85. The average molecular weight is 285 g/mol. The van der Waals surface area contributed by atoms with Gasteiger partial charge in [0, 0.05) is 5.56 Å². The molecular formula is C19H27NO. The minimum absolute atomic E-state index is 0.177. The van der Waals surface area contributed by atoms with Crippen molar-refractivity contribution in [1.29, 1.82) is 0 Å². The van der Waals surface area contributed by atoms with E-state index in [-0.39, 0.29) is 11.5 Å². The van der Waals surface area contributed by atoms with E-state index in [1.54, 1.807) is 0 Å². The van der Waals surface area contributed by atoms with E-state index in [9.17, 15) is 0 Å². The number of hydrogen-bond acceptors (Lipinski definition) is 2. The Hall–Kier alpha value is -1.54. The molecule has 0 spiro atoms. The van der Waals surface area contributed by atoms with Gasteiger partial charge in [-0.1, -0.05) is 45.0 Å². The van der Waals surface area contributed by atoms with Crippen molar-refractivity contribution in [2.45, 2.75) is 53.0 Å². The van der Waals surface area contributed by atoms with Crippen molar-refractivity contribution in [2.24, 2.45) is 0 Å². The molecule has 0 aliphatic rings. The standard InChI is InChI=1S/C19H27NO/c1-12-13(2)21-14(3)17(12)18(20-7)15-8-10-16(11-9-15)19(4,5)6/h8-11,18,20H,1-7H3. The maximum atomic E-state index is 5.79. The molecule has 0 fully saturated rings. The van der Waals surface area contributed by atoms with Gasteiger partial charge in [0.05, 0.1) is 6.04 Å². The third-order valence-corrected chi connectivity index (χ3v) is 4.30. The van der Waals surface area contributed by atoms with Crippen molar-refractivity contribution in [1.82, 2.24) is 5.32 Å². The summed E-state index contributed by atoms with van der Waals surface area (Å²) in [5, 5.41) is 3.43. The number of aryl methyl sites for hydroxylation is 2. The third-order valence-electron chi connectivity index (χ3n) is 4.30. The van der Waals surface area contributed by atoms with Crippen molar-refractivity contribution in [2.75, 3.05) is 7.05 Å². The van der Waals surface area contributed by atoms with Gasteiger partial charge in [-0.25, -0.2) is 0 Å². The SMILES string of the molecule is CNC(c1ccc(C(C)(C)C)cc1)c1c(C)oc(C)c1C. The number of benzene rings is 1. The Kier molecular flexibility index (Phi) is 4.29. The van der Waals surface area contributed by atoms with Crippen LogP contribution in [0.4, 0.5) is 0 Å². The molecule has 1 heterocycles. The Labute approximate surface area is 128 Å². The lowest BCUT2D eigenvalue weighted by Gasteiger charge is -2.22. The molecule has 0 saturated carbocycles. The summed E-state index contributed by atoms with van der Waals surface area (Å²) < 4.78 is 5.79. The zero-order chi connectivity index (χ0) is 15.8. The van der Waals surface area contributed by atoms with E-state index >= 15 is 0 Å². The second-order valence-electron chi connectivity index (χ2n) is 6.85. The van der Waals surface area contributed by atoms with Crippen molar-refractivity contribution < 1.29 is 4.42 Å². The Balaban J connectivity index is 2.42. The molecule has 0 aliphatic carbocycles. The smallest absolute Gasteiger partial charge is 0.106 e. The van der Waals surface area contributed by atoms with Crippen LogP contribution in [-0.4, -0.2) is 7.05 Å². The Morgan fingerprint density at radius 2 is 1.52 bits per heavy atom. The fraction of sp³-hybridized carbons (Fsp3) is 0.474. The molecule has 0 amide bonds. The normalized spacial score (nSPS) is 13.5. The molecule has 0 radical (unpaired) electrons. The van der Waals surface area contributed by atoms with Gasteiger partial charge in [-0.3, -0.25) is 0 Å². The molecule has 2 nitrogen and oxygen atoms in total. The summed E-state index contributed by atoms with van der Waals surface area (Å²) in [5.74, 6) is 2.01. The number of rotatable bonds is 3. The van der Waals surface area contributed by atoms with Crippen molar-refractivity contribution in [3.8, 4) is 0 Å². The molecule has 2 rings (SSSR count). The molecule has 2 aromatic rings. The topological polar surface area (TPSA) is 25.2 Å². The monoisotopic (exact) mass is 285 g/mol. The van der Waals surface area contributed by atoms with Crippen LogP contribution in [0.5, 0.6) is 0 Å². The fourth-order valence-corrected chi connectivity index (χ4v) is 2.89. The van der Waals surface area contributed by atoms with E-state index in [1.165, 1.54) is 22.3 Å². The van der Waals surface area contributed by atoms with Crippen molar-refractivity contribution in [3.63, 3.8) is 0 Å². The van der Waals surface area contributed by atoms with E-state index in [0.29, 0.717) is 0 Å². The summed E-state index contributed by atoms with van der Waals surface area (Å²) >= 11 is 0. The Bertz CT molecular complexity index is 614. The second kappa shape index (κ2) is 5.69. The fourth-order valence-electron chi connectivity index (χ4n) is 2.89. The van der Waals surface area contributed by atoms with Crippen LogP contribution < -0.4 is 5.32 Å². The highest BCUT2D eigenvalue weighted by atomic mass is 16.3. The van der Waals surface area contributed by atoms with E-state index in [0.717, 1.165) is 11.5 Å². The predicted octanol–water partition coefficient (Wildman–Crippen LogP) is 4.81. The Morgan fingerprint density at radius 1 is 0.952 bits per heavy atom. The zero-order valence-corrected chi connectivity index (χ0v) is 14.3. The molecule has 21 heavy (non-hydrogen) atoms. The lowest BCUT2D eigenvalue weighted by Crippen LogP contribution is -2.19. The molecule has 0 bridgehead atoms. The van der Waals surface area contributed by atoms with Crippen LogP contribution in [0.2, 0.25) is 0 Å². The summed E-state index contributed by atoms with van der Waals surface area (Å²) in [4.78, 5) is 0. The molecule has 114 valence electrons. The Morgan fingerprint density at radius 3 is 1.90 bits per heavy atom. The molecule has 0 aliphatic heterocycles. The summed E-state index contributed by atoms with van der Waals surface area (Å²) in [5.41, 5.74) is 5.33. The van der Waals surface area contributed by atoms with Gasteiger partial charge in [0.2, 0.25) is 0 Å². The first kappa shape index (κ1) is 15.8. The maximum absolute atomic E-state index is 5.79. The van der Waals surface area contributed by atoms with Crippen LogP contribution in [0.15, 0.2) is 28.7 Å². The minimum atomic E-state index is 0.177. The molecule has 1 atom stereocenters. The quantitative estimate of drug-likeness (QED) is 0.875. The van der Waals surface area contributed by atoms with Crippen LogP contribution in [-0.2, 0) is 5.41 Å². The molecule has 1 aromatic heterocycles. The van der Waals surface area contributed by atoms with Crippen LogP contribution in [0.1, 0.15) is 60.6 Å². The lowest BCUT2D eigenvalue weighted by molar-refractivity contribution is 0.495. The van der Waals surface area contributed by atoms with Crippen molar-refractivity contribution in [3.05, 3.63) is 58.0 Å². The average Bonchev–Trinajstić information content (AvgIpc) is 2.66. The summed E-state index contributed by atoms with van der Waals surface area (Å²) in [6, 6.07) is 9.09. The van der Waals surface area contributed by atoms with E-state index in [2.05, 4.69) is 57.3 Å². The van der Waals surface area contributed by atoms with Gasteiger partial charge in [-0.15, -0.1) is 0 Å². The predicted molar refractivity (Wildman–Crippen MR) is 89.0 cm³/mol. The highest BCUT2D eigenvalue weighted by Crippen LogP contribution is 2.32. The van der Waals surface area contributed by atoms with E-state index in [1.807, 2.05) is 20.9 Å². The van der Waals surface area contributed by atoms with Gasteiger partial charge in [0.1, 0.15) is 11.5 Å². The van der Waals surface area contributed by atoms with Crippen LogP contribution in [0.3, 0.4) is 0 Å². The van der Waals surface area contributed by atoms with Gasteiger partial charge in [0.15, 0.2) is 0 Å². The number of nitrogens with one attached hydrogen (secondary N) is 1. The van der Waals surface area contributed by atoms with Gasteiger partial charge < -0.3 is 9.73 Å². The summed E-state index contributed by atoms with van der Waals surface area (Å²) in [7, 11) is 2.00. The summed E-state index contributed by atoms with van der Waals surface area (Å²) in [6.07, 6.45) is 0. The highest BCUT2D eigenvalue weighted by molar-refractivity contribution is 5.41. The summed E-state index contributed by atoms with van der Waals surface area (Å²) in [6.45, 7) is 12.9. The first-order chi connectivity index (χ1) is 9.75. The van der Waals surface area contributed by atoms with Gasteiger partial charge in [0.25, 0.3) is 0 Å². The van der Waals surface area contributed by atoms with E-state index in [4.69, 9.17) is 4.42 Å². The largest absolute Gasteiger partial charge is 0.466 e. The minimum Gasteiger partial charge on any atom is -0.466 e. The van der Waals surface area contributed by atoms with Crippen LogP contribution in [0.25, 0.3) is 0 Å². The van der Waals surface area contributed by atoms with Gasteiger partial charge in [-0.05, 0) is 49.9 Å². The van der Waals surface area contributed by atoms with Gasteiger partial charge >= 0.3 is 0 Å². The second-order valence-corrected chi connectivity index (χ2v) is 6.85. The molecule has 2 heteroatoms. The molecule has 1 aromatic carbocycles. The number of furan rings is 1. The highest BCUT2D eigenvalue weighted by Gasteiger charge is 2.22. The first-order valence-electron chi connectivity index (χ1n) is 7.60. The van der Waals surface area contributed by atoms with Crippen LogP contribution in [0, 0.1) is 20.8 Å². The third kappa shape index (κ3) is 3.06. The van der Waals surface area contributed by atoms with E-state index < -0.39 is 0 Å². The van der Waals surface area contributed by atoms with Gasteiger partial charge in [-0.2, -0.15) is 0 Å².